The highest BCUT2D eigenvalue weighted by molar-refractivity contribution is 7.91. The monoisotopic (exact) mass is 257 g/mol. The molecule has 6 heteroatoms. The van der Waals surface area contributed by atoms with Crippen LogP contribution in [0.3, 0.4) is 0 Å². The zero-order valence-electron chi connectivity index (χ0n) is 9.10. The maximum Gasteiger partial charge on any atom is 0.153 e. The SMILES string of the molecule is O=Cc1cc(F)cc(N2CCS(=O)(=O)CC2)c1. The number of hydrogen-bond acceptors (Lipinski definition) is 4. The minimum absolute atomic E-state index is 0.0694. The summed E-state index contributed by atoms with van der Waals surface area (Å²) in [5.74, 6) is -0.349. The summed E-state index contributed by atoms with van der Waals surface area (Å²) in [6.45, 7) is 0.675. The van der Waals surface area contributed by atoms with Crippen LogP contribution < -0.4 is 4.90 Å². The van der Waals surface area contributed by atoms with Gasteiger partial charge in [-0.2, -0.15) is 0 Å². The molecule has 1 saturated heterocycles. The predicted octanol–water partition coefficient (Wildman–Crippen LogP) is 0.873. The third-order valence-electron chi connectivity index (χ3n) is 2.75. The van der Waals surface area contributed by atoms with Gasteiger partial charge in [-0.3, -0.25) is 4.79 Å². The van der Waals surface area contributed by atoms with Crippen LogP contribution in [0, 0.1) is 5.82 Å². The Morgan fingerprint density at radius 1 is 1.18 bits per heavy atom. The van der Waals surface area contributed by atoms with Crippen molar-refractivity contribution in [3.63, 3.8) is 0 Å². The van der Waals surface area contributed by atoms with Gasteiger partial charge >= 0.3 is 0 Å². The van der Waals surface area contributed by atoms with Crippen molar-refractivity contribution in [2.45, 2.75) is 0 Å². The van der Waals surface area contributed by atoms with Crippen molar-refractivity contribution in [3.8, 4) is 0 Å². The average molecular weight is 257 g/mol. The second kappa shape index (κ2) is 4.44. The molecule has 0 N–H and O–H groups in total. The first-order valence-electron chi connectivity index (χ1n) is 5.21. The Morgan fingerprint density at radius 2 is 1.82 bits per heavy atom. The molecule has 1 aliphatic heterocycles. The van der Waals surface area contributed by atoms with Gasteiger partial charge in [0.15, 0.2) is 9.84 Å². The van der Waals surface area contributed by atoms with E-state index in [0.29, 0.717) is 25.1 Å². The Morgan fingerprint density at radius 3 is 2.41 bits per heavy atom. The largest absolute Gasteiger partial charge is 0.369 e. The Balaban J connectivity index is 2.23. The number of hydrogen-bond donors (Lipinski definition) is 0. The summed E-state index contributed by atoms with van der Waals surface area (Å²) in [6.07, 6.45) is 0.577. The fourth-order valence-electron chi connectivity index (χ4n) is 1.82. The summed E-state index contributed by atoms with van der Waals surface area (Å²) < 4.78 is 35.7. The van der Waals surface area contributed by atoms with Gasteiger partial charge < -0.3 is 4.90 Å². The summed E-state index contributed by atoms with van der Waals surface area (Å²) in [7, 11) is -2.95. The van der Waals surface area contributed by atoms with E-state index in [-0.39, 0.29) is 17.1 Å². The number of halogens is 1. The second-order valence-corrected chi connectivity index (χ2v) is 6.30. The van der Waals surface area contributed by atoms with Gasteiger partial charge in [0.2, 0.25) is 0 Å². The number of nitrogens with zero attached hydrogens (tertiary/aromatic N) is 1. The topological polar surface area (TPSA) is 54.5 Å². The van der Waals surface area contributed by atoms with Crippen molar-refractivity contribution in [1.29, 1.82) is 0 Å². The minimum atomic E-state index is -2.95. The lowest BCUT2D eigenvalue weighted by Crippen LogP contribution is -2.40. The molecule has 1 heterocycles. The predicted molar refractivity (Wildman–Crippen MR) is 62.7 cm³/mol. The summed E-state index contributed by atoms with van der Waals surface area (Å²) in [5, 5.41) is 0. The molecular formula is C11H12FNO3S. The number of anilines is 1. The fourth-order valence-corrected chi connectivity index (χ4v) is 3.02. The zero-order chi connectivity index (χ0) is 12.5. The van der Waals surface area contributed by atoms with Crippen molar-refractivity contribution < 1.29 is 17.6 Å². The summed E-state index contributed by atoms with van der Waals surface area (Å²) in [5.41, 5.74) is 0.815. The fraction of sp³-hybridized carbons (Fsp3) is 0.364. The van der Waals surface area contributed by atoms with E-state index in [1.165, 1.54) is 6.07 Å². The Labute approximate surface area is 99.0 Å². The molecule has 1 fully saturated rings. The molecule has 1 aromatic carbocycles. The van der Waals surface area contributed by atoms with Gasteiger partial charge in [0.25, 0.3) is 0 Å². The maximum atomic E-state index is 13.2. The molecule has 1 aliphatic rings. The number of aldehydes is 1. The number of rotatable bonds is 2. The second-order valence-electron chi connectivity index (χ2n) is 4.00. The molecule has 2 rings (SSSR count). The quantitative estimate of drug-likeness (QED) is 0.738. The molecule has 0 unspecified atom stereocenters. The molecule has 0 aromatic heterocycles. The Hall–Kier alpha value is -1.43. The molecule has 0 bridgehead atoms. The normalized spacial score (nSPS) is 19.0. The van der Waals surface area contributed by atoms with E-state index >= 15 is 0 Å². The Kier molecular flexibility index (Phi) is 3.15. The van der Waals surface area contributed by atoms with Crippen LogP contribution in [0.15, 0.2) is 18.2 Å². The van der Waals surface area contributed by atoms with Crippen molar-refractivity contribution in [3.05, 3.63) is 29.6 Å². The third kappa shape index (κ3) is 2.82. The van der Waals surface area contributed by atoms with Gasteiger partial charge in [0.1, 0.15) is 12.1 Å². The van der Waals surface area contributed by atoms with E-state index in [1.54, 1.807) is 11.0 Å². The van der Waals surface area contributed by atoms with Crippen LogP contribution in [0.4, 0.5) is 10.1 Å². The molecule has 1 aromatic rings. The highest BCUT2D eigenvalue weighted by atomic mass is 32.2. The Bertz CT molecular complexity index is 528. The molecule has 4 nitrogen and oxygen atoms in total. The highest BCUT2D eigenvalue weighted by Crippen LogP contribution is 2.20. The molecule has 0 atom stereocenters. The minimum Gasteiger partial charge on any atom is -0.369 e. The van der Waals surface area contributed by atoms with Crippen LogP contribution in [0.25, 0.3) is 0 Å². The lowest BCUT2D eigenvalue weighted by Gasteiger charge is -2.28. The molecule has 0 saturated carbocycles. The highest BCUT2D eigenvalue weighted by Gasteiger charge is 2.22. The van der Waals surface area contributed by atoms with Gasteiger partial charge in [-0.05, 0) is 18.2 Å². The van der Waals surface area contributed by atoms with E-state index in [1.807, 2.05) is 0 Å². The number of carbonyl (C=O) groups is 1. The summed E-state index contributed by atoms with van der Waals surface area (Å²) in [6, 6.07) is 4.02. The molecule has 0 aliphatic carbocycles. The van der Waals surface area contributed by atoms with Gasteiger partial charge in [-0.15, -0.1) is 0 Å². The first-order chi connectivity index (χ1) is 8.00. The van der Waals surface area contributed by atoms with Gasteiger partial charge in [0.05, 0.1) is 11.5 Å². The van der Waals surface area contributed by atoms with Crippen molar-refractivity contribution >= 4 is 21.8 Å². The van der Waals surface area contributed by atoms with Crippen molar-refractivity contribution in [1.82, 2.24) is 0 Å². The van der Waals surface area contributed by atoms with Crippen LogP contribution in [0.5, 0.6) is 0 Å². The number of sulfone groups is 1. The average Bonchev–Trinajstić information content (AvgIpc) is 2.28. The molecule has 0 spiro atoms. The molecule has 0 radical (unpaired) electrons. The first kappa shape index (κ1) is 12.0. The van der Waals surface area contributed by atoms with Crippen molar-refractivity contribution in [2.24, 2.45) is 0 Å². The lowest BCUT2D eigenvalue weighted by molar-refractivity contribution is 0.112. The third-order valence-corrected chi connectivity index (χ3v) is 4.36. The summed E-state index contributed by atoms with van der Waals surface area (Å²) >= 11 is 0. The van der Waals surface area contributed by atoms with E-state index < -0.39 is 15.7 Å². The molecule has 0 amide bonds. The van der Waals surface area contributed by atoms with E-state index in [4.69, 9.17) is 0 Å². The lowest BCUT2D eigenvalue weighted by atomic mass is 10.2. The van der Waals surface area contributed by atoms with Gasteiger partial charge in [-0.25, -0.2) is 12.8 Å². The maximum absolute atomic E-state index is 13.2. The smallest absolute Gasteiger partial charge is 0.153 e. The number of benzene rings is 1. The van der Waals surface area contributed by atoms with Crippen LogP contribution in [0.2, 0.25) is 0 Å². The standard InChI is InChI=1S/C11H12FNO3S/c12-10-5-9(8-14)6-11(7-10)13-1-3-17(15,16)4-2-13/h5-8H,1-4H2. The molecule has 17 heavy (non-hydrogen) atoms. The van der Waals surface area contributed by atoms with Crippen LogP contribution in [-0.2, 0) is 9.84 Å². The van der Waals surface area contributed by atoms with Crippen molar-refractivity contribution in [2.75, 3.05) is 29.5 Å². The van der Waals surface area contributed by atoms with E-state index in [2.05, 4.69) is 0 Å². The van der Waals surface area contributed by atoms with E-state index in [9.17, 15) is 17.6 Å². The molecular weight excluding hydrogens is 245 g/mol. The van der Waals surface area contributed by atoms with Crippen LogP contribution in [-0.4, -0.2) is 39.3 Å². The first-order valence-corrected chi connectivity index (χ1v) is 7.03. The van der Waals surface area contributed by atoms with Gasteiger partial charge in [-0.1, -0.05) is 0 Å². The van der Waals surface area contributed by atoms with Crippen LogP contribution >= 0.6 is 0 Å². The molecule has 92 valence electrons. The number of carbonyl (C=O) groups excluding carboxylic acids is 1. The van der Waals surface area contributed by atoms with Crippen LogP contribution in [0.1, 0.15) is 10.4 Å². The van der Waals surface area contributed by atoms with E-state index in [0.717, 1.165) is 6.07 Å². The zero-order valence-corrected chi connectivity index (χ0v) is 9.91. The summed E-state index contributed by atoms with van der Waals surface area (Å²) in [4.78, 5) is 12.4. The van der Waals surface area contributed by atoms with Gasteiger partial charge in [0, 0.05) is 24.3 Å².